The van der Waals surface area contributed by atoms with E-state index >= 15 is 0 Å². The number of benzene rings is 2. The minimum absolute atomic E-state index is 0.143. The van der Waals surface area contributed by atoms with Crippen molar-refractivity contribution in [3.8, 4) is 0 Å². The molecule has 3 aromatic rings. The van der Waals surface area contributed by atoms with Gasteiger partial charge in [0.15, 0.2) is 6.54 Å². The van der Waals surface area contributed by atoms with E-state index in [9.17, 15) is 9.90 Å². The molecular weight excluding hydrogens is 545 g/mol. The van der Waals surface area contributed by atoms with Gasteiger partial charge < -0.3 is 14.8 Å². The van der Waals surface area contributed by atoms with E-state index in [0.29, 0.717) is 6.42 Å². The van der Waals surface area contributed by atoms with E-state index in [1.165, 1.54) is 54.0 Å². The minimum atomic E-state index is -0.953. The number of hydrogen-bond donors (Lipinski definition) is 0. The van der Waals surface area contributed by atoms with Gasteiger partial charge in [0.05, 0.1) is 10.7 Å². The van der Waals surface area contributed by atoms with E-state index in [1.54, 1.807) is 0 Å². The Labute approximate surface area is 251 Å². The van der Waals surface area contributed by atoms with Crippen molar-refractivity contribution in [2.75, 3.05) is 11.4 Å². The van der Waals surface area contributed by atoms with Crippen molar-refractivity contribution in [1.29, 1.82) is 0 Å². The lowest BCUT2D eigenvalue weighted by molar-refractivity contribution is -0.672. The number of rotatable bonds is 8. The molecule has 212 valence electrons. The monoisotopic (exact) mass is 582 g/mol. The number of anilines is 1. The number of thiazole rings is 1. The Balaban J connectivity index is 1.26. The van der Waals surface area contributed by atoms with Crippen LogP contribution in [0.1, 0.15) is 70.2 Å². The molecule has 0 spiro atoms. The van der Waals surface area contributed by atoms with Gasteiger partial charge in [0.1, 0.15) is 4.70 Å². The number of fused-ring (bicyclic) bond motifs is 4. The number of allylic oxidation sites excluding steroid dienone is 7. The van der Waals surface area contributed by atoms with Crippen molar-refractivity contribution in [1.82, 2.24) is 0 Å². The van der Waals surface area contributed by atoms with Crippen molar-refractivity contribution < 1.29 is 14.5 Å². The van der Waals surface area contributed by atoms with Gasteiger partial charge >= 0.3 is 0 Å². The summed E-state index contributed by atoms with van der Waals surface area (Å²) in [7, 11) is 0. The largest absolute Gasteiger partial charge is 0.550 e. The van der Waals surface area contributed by atoms with E-state index in [4.69, 9.17) is 0 Å². The Hall–Kier alpha value is -3.09. The van der Waals surface area contributed by atoms with Gasteiger partial charge in [-0.3, -0.25) is 0 Å². The first-order chi connectivity index (χ1) is 19.9. The normalized spacial score (nSPS) is 21.0. The molecular formula is C35H38N2O2S2. The van der Waals surface area contributed by atoms with Gasteiger partial charge in [0.2, 0.25) is 5.52 Å². The van der Waals surface area contributed by atoms with Gasteiger partial charge in [-0.05, 0) is 79.4 Å². The Kier molecular flexibility index (Phi) is 8.23. The minimum Gasteiger partial charge on any atom is -0.550 e. The molecule has 0 bridgehead atoms. The average Bonchev–Trinajstić information content (AvgIpc) is 3.49. The van der Waals surface area contributed by atoms with Crippen LogP contribution in [0.2, 0.25) is 0 Å². The van der Waals surface area contributed by atoms with Crippen LogP contribution in [0.5, 0.6) is 0 Å². The Morgan fingerprint density at radius 2 is 1.88 bits per heavy atom. The molecule has 3 heterocycles. The highest BCUT2D eigenvalue weighted by atomic mass is 32.2. The Bertz CT molecular complexity index is 1590. The molecule has 1 aromatic heterocycles. The molecule has 1 aliphatic carbocycles. The molecule has 6 heteroatoms. The molecule has 2 aromatic carbocycles. The summed E-state index contributed by atoms with van der Waals surface area (Å²) in [6.45, 7) is 6.76. The first-order valence-corrected chi connectivity index (χ1v) is 16.5. The highest BCUT2D eigenvalue weighted by molar-refractivity contribution is 8.03. The second-order valence-electron chi connectivity index (χ2n) is 12.2. The number of hydrogen-bond acceptors (Lipinski definition) is 5. The van der Waals surface area contributed by atoms with Crippen LogP contribution < -0.4 is 14.6 Å². The SMILES string of the molecule is CC1(C)CC(/C=C2\Sc3ccccc3N2CCCCCC(=O)[O-])=CC(=C/C=C2\CCC[n+]3c2sc2ccccc23)/C1. The van der Waals surface area contributed by atoms with Gasteiger partial charge in [-0.1, -0.05) is 85.9 Å². The molecule has 6 rings (SSSR count). The molecule has 0 fully saturated rings. The second-order valence-corrected chi connectivity index (χ2v) is 14.3. The maximum absolute atomic E-state index is 10.8. The van der Waals surface area contributed by atoms with Gasteiger partial charge in [0, 0.05) is 35.5 Å². The second kappa shape index (κ2) is 12.0. The maximum Gasteiger partial charge on any atom is 0.265 e. The molecule has 0 amide bonds. The van der Waals surface area contributed by atoms with Gasteiger partial charge in [-0.2, -0.15) is 4.57 Å². The summed E-state index contributed by atoms with van der Waals surface area (Å²) in [6.07, 6.45) is 16.7. The molecule has 2 aliphatic heterocycles. The van der Waals surface area contributed by atoms with Crippen LogP contribution in [0.25, 0.3) is 15.8 Å². The number of para-hydroxylation sites is 2. The lowest BCUT2D eigenvalue weighted by Gasteiger charge is -2.31. The zero-order valence-electron chi connectivity index (χ0n) is 24.0. The lowest BCUT2D eigenvalue weighted by atomic mass is 9.75. The molecule has 0 saturated carbocycles. The van der Waals surface area contributed by atoms with E-state index < -0.39 is 5.97 Å². The fourth-order valence-electron chi connectivity index (χ4n) is 6.37. The van der Waals surface area contributed by atoms with Crippen LogP contribution in [0.3, 0.4) is 0 Å². The van der Waals surface area contributed by atoms with E-state index in [-0.39, 0.29) is 11.8 Å². The maximum atomic E-state index is 10.8. The Morgan fingerprint density at radius 1 is 1.05 bits per heavy atom. The molecule has 0 N–H and O–H groups in total. The summed E-state index contributed by atoms with van der Waals surface area (Å²) >= 11 is 3.77. The molecule has 4 nitrogen and oxygen atoms in total. The average molecular weight is 583 g/mol. The molecule has 0 unspecified atom stereocenters. The van der Waals surface area contributed by atoms with Gasteiger partial charge in [-0.25, -0.2) is 0 Å². The highest BCUT2D eigenvalue weighted by Gasteiger charge is 2.29. The summed E-state index contributed by atoms with van der Waals surface area (Å²) in [6, 6.07) is 17.4. The van der Waals surface area contributed by atoms with Crippen LogP contribution >= 0.6 is 23.1 Å². The number of carboxylic acid groups (broad SMARTS) is 1. The fraction of sp³-hybridized carbons (Fsp3) is 0.371. The van der Waals surface area contributed by atoms with Crippen LogP contribution in [0, 0.1) is 5.41 Å². The molecule has 0 radical (unpaired) electrons. The number of aromatic nitrogens is 1. The zero-order chi connectivity index (χ0) is 28.4. The fourth-order valence-corrected chi connectivity index (χ4v) is 8.77. The van der Waals surface area contributed by atoms with Crippen LogP contribution in [-0.4, -0.2) is 12.5 Å². The third-order valence-corrected chi connectivity index (χ3v) is 10.5. The third-order valence-electron chi connectivity index (χ3n) is 8.15. The first kappa shape index (κ1) is 28.0. The Morgan fingerprint density at radius 3 is 2.76 bits per heavy atom. The van der Waals surface area contributed by atoms with Crippen molar-refractivity contribution in [3.05, 3.63) is 94.0 Å². The predicted octanol–water partition coefficient (Wildman–Crippen LogP) is 7.80. The van der Waals surface area contributed by atoms with Crippen molar-refractivity contribution in [2.24, 2.45) is 5.41 Å². The van der Waals surface area contributed by atoms with Crippen molar-refractivity contribution >= 4 is 50.5 Å². The summed E-state index contributed by atoms with van der Waals surface area (Å²) < 4.78 is 3.88. The summed E-state index contributed by atoms with van der Waals surface area (Å²) in [4.78, 5) is 14.5. The van der Waals surface area contributed by atoms with Crippen molar-refractivity contribution in [2.45, 2.75) is 76.7 Å². The molecule has 3 aliphatic rings. The number of carbonyl (C=O) groups is 1. The van der Waals surface area contributed by atoms with E-state index in [2.05, 4.69) is 96.1 Å². The van der Waals surface area contributed by atoms with Crippen LogP contribution in [0.15, 0.2) is 93.9 Å². The smallest absolute Gasteiger partial charge is 0.265 e. The first-order valence-electron chi connectivity index (χ1n) is 14.8. The quantitative estimate of drug-likeness (QED) is 0.201. The molecule has 41 heavy (non-hydrogen) atoms. The number of aryl methyl sites for hydroxylation is 1. The summed E-state index contributed by atoms with van der Waals surface area (Å²) in [5, 5.41) is 13.5. The van der Waals surface area contributed by atoms with Crippen LogP contribution in [0.4, 0.5) is 5.69 Å². The summed E-state index contributed by atoms with van der Waals surface area (Å²) in [5.41, 5.74) is 7.04. The number of nitrogens with zero attached hydrogens (tertiary/aromatic N) is 2. The van der Waals surface area contributed by atoms with E-state index in [1.807, 2.05) is 23.1 Å². The highest BCUT2D eigenvalue weighted by Crippen LogP contribution is 2.48. The topological polar surface area (TPSA) is 47.3 Å². The number of unbranched alkanes of at least 4 members (excludes halogenated alkanes) is 2. The van der Waals surface area contributed by atoms with Gasteiger partial charge in [-0.15, -0.1) is 0 Å². The number of carboxylic acids is 1. The van der Waals surface area contributed by atoms with E-state index in [0.717, 1.165) is 45.2 Å². The third kappa shape index (κ3) is 6.39. The summed E-state index contributed by atoms with van der Waals surface area (Å²) in [5.74, 6) is -0.953. The number of thioether (sulfide) groups is 1. The number of carbonyl (C=O) groups excluding carboxylic acids is 1. The zero-order valence-corrected chi connectivity index (χ0v) is 25.7. The lowest BCUT2D eigenvalue weighted by Crippen LogP contribution is -2.38. The molecule has 0 atom stereocenters. The molecule has 0 saturated heterocycles. The standard InChI is InChI=1S/C35H38N2O2S2/c1-35(2)23-25(17-18-27-11-10-20-37-29-13-6-8-15-31(29)41-34(27)37)21-26(24-35)22-32-36(19-9-3-4-16-33(38)39)28-12-5-7-14-30(28)40-32/h5-8,12-15,17-18,21-22H,3-4,9-11,16,19-20,23-24H2,1-2H3. The van der Waals surface area contributed by atoms with Crippen molar-refractivity contribution in [3.63, 3.8) is 0 Å². The van der Waals surface area contributed by atoms with Crippen LogP contribution in [-0.2, 0) is 11.3 Å². The predicted molar refractivity (Wildman–Crippen MR) is 170 cm³/mol. The number of aliphatic carboxylic acids is 1. The van der Waals surface area contributed by atoms with Gasteiger partial charge in [0.25, 0.3) is 5.01 Å².